The normalized spacial score (nSPS) is 11.7. The van der Waals surface area contributed by atoms with E-state index in [0.717, 1.165) is 27.5 Å². The molecular formula is C24H26N2O5S. The van der Waals surface area contributed by atoms with Crippen molar-refractivity contribution in [3.8, 4) is 5.75 Å². The molecule has 7 nitrogen and oxygen atoms in total. The van der Waals surface area contributed by atoms with Gasteiger partial charge in [-0.1, -0.05) is 23.4 Å². The summed E-state index contributed by atoms with van der Waals surface area (Å²) in [4.78, 5) is 26.2. The molecule has 0 aliphatic heterocycles. The summed E-state index contributed by atoms with van der Waals surface area (Å²) >= 11 is 1.49. The van der Waals surface area contributed by atoms with E-state index in [1.165, 1.54) is 25.8 Å². The molecule has 168 valence electrons. The lowest BCUT2D eigenvalue weighted by Crippen LogP contribution is -2.30. The van der Waals surface area contributed by atoms with Gasteiger partial charge in [-0.15, -0.1) is 11.8 Å². The Balaban J connectivity index is 1.68. The van der Waals surface area contributed by atoms with E-state index >= 15 is 0 Å². The van der Waals surface area contributed by atoms with Crippen LogP contribution in [0.5, 0.6) is 5.75 Å². The number of nitrogens with one attached hydrogen (secondary N) is 1. The van der Waals surface area contributed by atoms with Gasteiger partial charge in [0.2, 0.25) is 0 Å². The topological polar surface area (TPSA) is 90.7 Å². The second-order valence-electron chi connectivity index (χ2n) is 7.33. The zero-order valence-electron chi connectivity index (χ0n) is 18.7. The molecule has 0 fully saturated rings. The number of ether oxygens (including phenoxy) is 2. The third kappa shape index (κ3) is 5.50. The SMILES string of the molecule is COc1ccc(C)cc1NC(=O)[C@@H](C)OC(=O)c1ccccc1SCc1c(C)noc1C. The van der Waals surface area contributed by atoms with Crippen molar-refractivity contribution in [2.45, 2.75) is 44.4 Å². The summed E-state index contributed by atoms with van der Waals surface area (Å²) in [6.45, 7) is 7.19. The van der Waals surface area contributed by atoms with Crippen LogP contribution in [0, 0.1) is 20.8 Å². The molecule has 0 aliphatic carbocycles. The fraction of sp³-hybridized carbons (Fsp3) is 0.292. The van der Waals surface area contributed by atoms with Gasteiger partial charge in [0.1, 0.15) is 11.5 Å². The number of hydrogen-bond donors (Lipinski definition) is 1. The van der Waals surface area contributed by atoms with Crippen LogP contribution in [-0.4, -0.2) is 30.2 Å². The first kappa shape index (κ1) is 23.4. The third-order valence-corrected chi connectivity index (χ3v) is 6.03. The Morgan fingerprint density at radius 2 is 1.91 bits per heavy atom. The van der Waals surface area contributed by atoms with Gasteiger partial charge in [-0.2, -0.15) is 0 Å². The number of aryl methyl sites for hydroxylation is 3. The van der Waals surface area contributed by atoms with Crippen molar-refractivity contribution in [3.63, 3.8) is 0 Å². The quantitative estimate of drug-likeness (QED) is 0.375. The monoisotopic (exact) mass is 454 g/mol. The van der Waals surface area contributed by atoms with E-state index < -0.39 is 18.0 Å². The Morgan fingerprint density at radius 3 is 2.59 bits per heavy atom. The number of carbonyl (C=O) groups is 2. The van der Waals surface area contributed by atoms with E-state index in [4.69, 9.17) is 14.0 Å². The first-order chi connectivity index (χ1) is 15.3. The minimum absolute atomic E-state index is 0.400. The lowest BCUT2D eigenvalue weighted by atomic mass is 10.2. The molecule has 3 aromatic rings. The Labute approximate surface area is 191 Å². The Morgan fingerprint density at radius 1 is 1.16 bits per heavy atom. The van der Waals surface area contributed by atoms with Crippen LogP contribution >= 0.6 is 11.8 Å². The predicted molar refractivity (Wildman–Crippen MR) is 123 cm³/mol. The highest BCUT2D eigenvalue weighted by molar-refractivity contribution is 7.98. The van der Waals surface area contributed by atoms with Gasteiger partial charge in [0.15, 0.2) is 6.10 Å². The van der Waals surface area contributed by atoms with E-state index in [9.17, 15) is 9.59 Å². The van der Waals surface area contributed by atoms with E-state index in [1.807, 2.05) is 39.0 Å². The summed E-state index contributed by atoms with van der Waals surface area (Å²) < 4.78 is 16.0. The molecule has 0 unspecified atom stereocenters. The highest BCUT2D eigenvalue weighted by Crippen LogP contribution is 2.30. The number of methoxy groups -OCH3 is 1. The van der Waals surface area contributed by atoms with Gasteiger partial charge in [0.25, 0.3) is 5.91 Å². The van der Waals surface area contributed by atoms with E-state index in [1.54, 1.807) is 24.3 Å². The largest absolute Gasteiger partial charge is 0.495 e. The average molecular weight is 455 g/mol. The first-order valence-electron chi connectivity index (χ1n) is 10.1. The maximum absolute atomic E-state index is 12.8. The van der Waals surface area contributed by atoms with Gasteiger partial charge in [0, 0.05) is 16.2 Å². The number of hydrogen-bond acceptors (Lipinski definition) is 7. The van der Waals surface area contributed by atoms with Crippen molar-refractivity contribution >= 4 is 29.3 Å². The Kier molecular flexibility index (Phi) is 7.58. The number of amides is 1. The second-order valence-corrected chi connectivity index (χ2v) is 8.35. The van der Waals surface area contributed by atoms with Gasteiger partial charge < -0.3 is 19.3 Å². The molecular weight excluding hydrogens is 428 g/mol. The number of esters is 1. The minimum atomic E-state index is -0.992. The van der Waals surface area contributed by atoms with Gasteiger partial charge in [0.05, 0.1) is 24.1 Å². The molecule has 1 atom stereocenters. The molecule has 0 radical (unpaired) electrons. The van der Waals surface area contributed by atoms with Crippen LogP contribution in [-0.2, 0) is 15.3 Å². The molecule has 0 saturated heterocycles. The maximum Gasteiger partial charge on any atom is 0.340 e. The lowest BCUT2D eigenvalue weighted by Gasteiger charge is -2.16. The van der Waals surface area contributed by atoms with Crippen LogP contribution in [0.3, 0.4) is 0 Å². The Bertz CT molecular complexity index is 1110. The van der Waals surface area contributed by atoms with Crippen LogP contribution in [0.2, 0.25) is 0 Å². The molecule has 0 bridgehead atoms. The van der Waals surface area contributed by atoms with Crippen LogP contribution in [0.25, 0.3) is 0 Å². The molecule has 0 aliphatic rings. The van der Waals surface area contributed by atoms with Crippen LogP contribution in [0.1, 0.15) is 39.9 Å². The average Bonchev–Trinajstić information content (AvgIpc) is 3.09. The minimum Gasteiger partial charge on any atom is -0.495 e. The molecule has 1 aromatic heterocycles. The predicted octanol–water partition coefficient (Wildman–Crippen LogP) is 5.08. The fourth-order valence-corrected chi connectivity index (χ4v) is 4.24. The number of thioether (sulfide) groups is 1. The van der Waals surface area contributed by atoms with Gasteiger partial charge in [-0.05, 0) is 57.5 Å². The Hall–Kier alpha value is -3.26. The van der Waals surface area contributed by atoms with Crippen molar-refractivity contribution in [3.05, 3.63) is 70.6 Å². The molecule has 8 heteroatoms. The fourth-order valence-electron chi connectivity index (χ4n) is 3.05. The standard InChI is InChI=1S/C24H26N2O5S/c1-14-10-11-21(29-5)20(12-14)25-23(27)17(4)30-24(28)18-8-6-7-9-22(18)32-13-19-15(2)26-31-16(19)3/h6-12,17H,13H2,1-5H3,(H,25,27)/t17-/m1/s1. The number of benzene rings is 2. The summed E-state index contributed by atoms with van der Waals surface area (Å²) in [5.41, 5.74) is 3.72. The number of aromatic nitrogens is 1. The molecule has 0 saturated carbocycles. The molecule has 32 heavy (non-hydrogen) atoms. The van der Waals surface area contributed by atoms with Crippen LogP contribution in [0.15, 0.2) is 51.9 Å². The van der Waals surface area contributed by atoms with Crippen molar-refractivity contribution in [1.82, 2.24) is 5.16 Å². The zero-order chi connectivity index (χ0) is 23.3. The molecule has 1 amide bonds. The molecule has 1 heterocycles. The smallest absolute Gasteiger partial charge is 0.340 e. The number of anilines is 1. The van der Waals surface area contributed by atoms with Gasteiger partial charge >= 0.3 is 5.97 Å². The third-order valence-electron chi connectivity index (χ3n) is 4.93. The highest BCUT2D eigenvalue weighted by Gasteiger charge is 2.22. The van der Waals surface area contributed by atoms with Crippen molar-refractivity contribution in [2.75, 3.05) is 12.4 Å². The summed E-state index contributed by atoms with van der Waals surface area (Å²) in [5.74, 6) is 0.888. The first-order valence-corrected chi connectivity index (χ1v) is 11.1. The van der Waals surface area contributed by atoms with Crippen LogP contribution < -0.4 is 10.1 Å². The number of carbonyl (C=O) groups excluding carboxylic acids is 2. The van der Waals surface area contributed by atoms with E-state index in [2.05, 4.69) is 10.5 Å². The molecule has 0 spiro atoms. The zero-order valence-corrected chi connectivity index (χ0v) is 19.5. The molecule has 3 rings (SSSR count). The highest BCUT2D eigenvalue weighted by atomic mass is 32.2. The molecule has 1 N–H and O–H groups in total. The van der Waals surface area contributed by atoms with E-state index in [-0.39, 0.29) is 0 Å². The van der Waals surface area contributed by atoms with Crippen molar-refractivity contribution in [1.29, 1.82) is 0 Å². The summed E-state index contributed by atoms with van der Waals surface area (Å²) in [6.07, 6.45) is -0.992. The van der Waals surface area contributed by atoms with E-state index in [0.29, 0.717) is 22.8 Å². The lowest BCUT2D eigenvalue weighted by molar-refractivity contribution is -0.123. The number of rotatable bonds is 8. The summed E-state index contributed by atoms with van der Waals surface area (Å²) in [5, 5.41) is 6.73. The summed E-state index contributed by atoms with van der Waals surface area (Å²) in [6, 6.07) is 12.6. The maximum atomic E-state index is 12.8. The van der Waals surface area contributed by atoms with Crippen LogP contribution in [0.4, 0.5) is 5.69 Å². The summed E-state index contributed by atoms with van der Waals surface area (Å²) in [7, 11) is 1.53. The van der Waals surface area contributed by atoms with Gasteiger partial charge in [-0.25, -0.2) is 4.79 Å². The second kappa shape index (κ2) is 10.4. The molecule has 2 aromatic carbocycles. The van der Waals surface area contributed by atoms with Crippen molar-refractivity contribution in [2.24, 2.45) is 0 Å². The number of nitrogens with zero attached hydrogens (tertiary/aromatic N) is 1. The van der Waals surface area contributed by atoms with Crippen molar-refractivity contribution < 1.29 is 23.6 Å². The van der Waals surface area contributed by atoms with Gasteiger partial charge in [-0.3, -0.25) is 4.79 Å².